The minimum absolute atomic E-state index is 0.351. The molecule has 0 heterocycles. The van der Waals surface area contributed by atoms with Crippen molar-refractivity contribution in [3.8, 4) is 0 Å². The monoisotopic (exact) mass is 239 g/mol. The maximum atomic E-state index is 12.8. The van der Waals surface area contributed by atoms with Crippen LogP contribution in [0, 0.1) is 5.82 Å². The Labute approximate surface area is 100 Å². The predicted octanol–water partition coefficient (Wildman–Crippen LogP) is 1.73. The van der Waals surface area contributed by atoms with Crippen molar-refractivity contribution < 1.29 is 14.3 Å². The lowest BCUT2D eigenvalue weighted by Crippen LogP contribution is -2.39. The van der Waals surface area contributed by atoms with E-state index in [4.69, 9.17) is 5.73 Å². The minimum Gasteiger partial charge on any atom is -0.393 e. The van der Waals surface area contributed by atoms with Crippen LogP contribution in [-0.4, -0.2) is 17.1 Å². The molecule has 2 unspecified atom stereocenters. The molecule has 0 spiro atoms. The molecule has 2 atom stereocenters. The molecule has 1 rings (SSSR count). The Balaban J connectivity index is 2.98. The molecule has 3 nitrogen and oxygen atoms in total. The van der Waals surface area contributed by atoms with Gasteiger partial charge in [-0.05, 0) is 44.4 Å². The molecule has 0 radical (unpaired) electrons. The fourth-order valence-corrected chi connectivity index (χ4v) is 1.73. The van der Waals surface area contributed by atoms with Crippen LogP contribution in [0.1, 0.15) is 32.3 Å². The van der Waals surface area contributed by atoms with Crippen molar-refractivity contribution >= 4 is 5.91 Å². The normalized spacial score (nSPS) is 16.2. The van der Waals surface area contributed by atoms with Crippen molar-refractivity contribution in [2.45, 2.75) is 38.2 Å². The third-order valence-corrected chi connectivity index (χ3v) is 3.09. The first kappa shape index (κ1) is 13.6. The Hall–Kier alpha value is -1.42. The number of primary amides is 1. The Morgan fingerprint density at radius 1 is 1.47 bits per heavy atom. The third-order valence-electron chi connectivity index (χ3n) is 3.09. The highest BCUT2D eigenvalue weighted by Crippen LogP contribution is 2.29. The van der Waals surface area contributed by atoms with Crippen LogP contribution in [0.25, 0.3) is 0 Å². The number of nitrogens with two attached hydrogens (primary N) is 1. The van der Waals surface area contributed by atoms with Gasteiger partial charge in [-0.3, -0.25) is 4.79 Å². The van der Waals surface area contributed by atoms with Crippen LogP contribution in [-0.2, 0) is 10.2 Å². The van der Waals surface area contributed by atoms with Crippen LogP contribution in [0.4, 0.5) is 4.39 Å². The topological polar surface area (TPSA) is 63.3 Å². The van der Waals surface area contributed by atoms with E-state index in [9.17, 15) is 14.3 Å². The molecule has 0 aliphatic heterocycles. The molecule has 1 aromatic rings. The molecule has 94 valence electrons. The first-order valence-corrected chi connectivity index (χ1v) is 5.60. The van der Waals surface area contributed by atoms with Crippen LogP contribution in [0.15, 0.2) is 24.3 Å². The molecule has 0 saturated carbocycles. The summed E-state index contributed by atoms with van der Waals surface area (Å²) >= 11 is 0. The highest BCUT2D eigenvalue weighted by atomic mass is 19.1. The molecule has 17 heavy (non-hydrogen) atoms. The van der Waals surface area contributed by atoms with E-state index in [0.29, 0.717) is 18.4 Å². The summed E-state index contributed by atoms with van der Waals surface area (Å²) < 4.78 is 12.8. The number of rotatable bonds is 5. The zero-order chi connectivity index (χ0) is 13.1. The van der Waals surface area contributed by atoms with Gasteiger partial charge in [-0.25, -0.2) is 4.39 Å². The average molecular weight is 239 g/mol. The number of carbonyl (C=O) groups is 1. The van der Waals surface area contributed by atoms with Gasteiger partial charge in [-0.2, -0.15) is 0 Å². The van der Waals surface area contributed by atoms with E-state index >= 15 is 0 Å². The van der Waals surface area contributed by atoms with E-state index in [2.05, 4.69) is 0 Å². The van der Waals surface area contributed by atoms with Gasteiger partial charge in [0.1, 0.15) is 5.82 Å². The van der Waals surface area contributed by atoms with Gasteiger partial charge in [-0.1, -0.05) is 12.1 Å². The van der Waals surface area contributed by atoms with Gasteiger partial charge in [0, 0.05) is 0 Å². The summed E-state index contributed by atoms with van der Waals surface area (Å²) in [5.41, 5.74) is 5.22. The largest absolute Gasteiger partial charge is 0.393 e. The Morgan fingerprint density at radius 2 is 2.00 bits per heavy atom. The van der Waals surface area contributed by atoms with Crippen LogP contribution in [0.3, 0.4) is 0 Å². The van der Waals surface area contributed by atoms with Crippen LogP contribution in [0.2, 0.25) is 0 Å². The molecule has 3 N–H and O–H groups in total. The summed E-state index contributed by atoms with van der Waals surface area (Å²) in [5.74, 6) is -0.819. The number of halogens is 1. The second kappa shape index (κ2) is 5.27. The second-order valence-corrected chi connectivity index (χ2v) is 4.59. The smallest absolute Gasteiger partial charge is 0.227 e. The van der Waals surface area contributed by atoms with Crippen LogP contribution in [0.5, 0.6) is 0 Å². The van der Waals surface area contributed by atoms with E-state index in [0.717, 1.165) is 0 Å². The quantitative estimate of drug-likeness (QED) is 0.822. The van der Waals surface area contributed by atoms with E-state index in [1.165, 1.54) is 12.1 Å². The summed E-state index contributed by atoms with van der Waals surface area (Å²) in [6.45, 7) is 3.37. The van der Waals surface area contributed by atoms with Crippen molar-refractivity contribution in [1.29, 1.82) is 0 Å². The van der Waals surface area contributed by atoms with E-state index in [1.807, 2.05) is 0 Å². The standard InChI is InChI=1S/C13H18FNO2/c1-9(16)7-8-13(2,12(15)17)10-3-5-11(14)6-4-10/h3-6,9,16H,7-8H2,1-2H3,(H2,15,17). The third kappa shape index (κ3) is 3.27. The minimum atomic E-state index is -0.870. The highest BCUT2D eigenvalue weighted by molar-refractivity contribution is 5.86. The van der Waals surface area contributed by atoms with Crippen molar-refractivity contribution in [2.75, 3.05) is 0 Å². The van der Waals surface area contributed by atoms with Crippen molar-refractivity contribution in [1.82, 2.24) is 0 Å². The second-order valence-electron chi connectivity index (χ2n) is 4.59. The molecule has 4 heteroatoms. The average Bonchev–Trinajstić information content (AvgIpc) is 2.26. The summed E-state index contributed by atoms with van der Waals surface area (Å²) in [5, 5.41) is 9.28. The van der Waals surface area contributed by atoms with Crippen LogP contribution < -0.4 is 5.73 Å². The molecule has 1 aromatic carbocycles. The number of amides is 1. The lowest BCUT2D eigenvalue weighted by atomic mass is 9.77. The van der Waals surface area contributed by atoms with Gasteiger partial charge < -0.3 is 10.8 Å². The van der Waals surface area contributed by atoms with Crippen molar-refractivity contribution in [3.05, 3.63) is 35.6 Å². The maximum Gasteiger partial charge on any atom is 0.227 e. The Bertz CT molecular complexity index is 389. The molecule has 0 aliphatic carbocycles. The zero-order valence-corrected chi connectivity index (χ0v) is 10.1. The number of benzene rings is 1. The SMILES string of the molecule is CC(O)CCC(C)(C(N)=O)c1ccc(F)cc1. The fourth-order valence-electron chi connectivity index (χ4n) is 1.73. The summed E-state index contributed by atoms with van der Waals surface area (Å²) in [6.07, 6.45) is 0.414. The van der Waals surface area contributed by atoms with Gasteiger partial charge in [0.2, 0.25) is 5.91 Å². The Kier molecular flexibility index (Phi) is 4.23. The molecule has 0 fully saturated rings. The number of aliphatic hydroxyl groups is 1. The van der Waals surface area contributed by atoms with E-state index in [1.54, 1.807) is 26.0 Å². The predicted molar refractivity (Wildman–Crippen MR) is 63.9 cm³/mol. The van der Waals surface area contributed by atoms with Gasteiger partial charge >= 0.3 is 0 Å². The highest BCUT2D eigenvalue weighted by Gasteiger charge is 2.33. The maximum absolute atomic E-state index is 12.8. The van der Waals surface area contributed by atoms with Gasteiger partial charge in [0.05, 0.1) is 11.5 Å². The summed E-state index contributed by atoms with van der Waals surface area (Å²) in [6, 6.07) is 5.72. The zero-order valence-electron chi connectivity index (χ0n) is 10.1. The lowest BCUT2D eigenvalue weighted by Gasteiger charge is -2.27. The number of aliphatic hydroxyl groups excluding tert-OH is 1. The molecule has 0 aliphatic rings. The van der Waals surface area contributed by atoms with E-state index in [-0.39, 0.29) is 5.82 Å². The number of hydrogen-bond donors (Lipinski definition) is 2. The molecule has 0 saturated heterocycles. The first-order chi connectivity index (χ1) is 7.86. The first-order valence-electron chi connectivity index (χ1n) is 5.60. The van der Waals surface area contributed by atoms with Gasteiger partial charge in [0.25, 0.3) is 0 Å². The van der Waals surface area contributed by atoms with E-state index < -0.39 is 17.4 Å². The molecular weight excluding hydrogens is 221 g/mol. The fraction of sp³-hybridized carbons (Fsp3) is 0.462. The van der Waals surface area contributed by atoms with Crippen molar-refractivity contribution in [3.63, 3.8) is 0 Å². The number of hydrogen-bond acceptors (Lipinski definition) is 2. The molecule has 1 amide bonds. The number of carbonyl (C=O) groups excluding carboxylic acids is 1. The van der Waals surface area contributed by atoms with Gasteiger partial charge in [0.15, 0.2) is 0 Å². The molecular formula is C13H18FNO2. The molecule has 0 aromatic heterocycles. The Morgan fingerprint density at radius 3 is 2.41 bits per heavy atom. The summed E-state index contributed by atoms with van der Waals surface area (Å²) in [7, 11) is 0. The molecule has 0 bridgehead atoms. The van der Waals surface area contributed by atoms with Gasteiger partial charge in [-0.15, -0.1) is 0 Å². The summed E-state index contributed by atoms with van der Waals surface area (Å²) in [4.78, 5) is 11.6. The van der Waals surface area contributed by atoms with Crippen LogP contribution >= 0.6 is 0 Å². The van der Waals surface area contributed by atoms with Crippen molar-refractivity contribution in [2.24, 2.45) is 5.73 Å². The lowest BCUT2D eigenvalue weighted by molar-refractivity contribution is -0.123.